The zero-order chi connectivity index (χ0) is 14.7. The minimum absolute atomic E-state index is 0.0286. The second-order valence-corrected chi connectivity index (χ2v) is 4.43. The highest BCUT2D eigenvalue weighted by atomic mass is 35.5. The third-order valence-corrected chi connectivity index (χ3v) is 3.01. The number of pyridine rings is 1. The van der Waals surface area contributed by atoms with Gasteiger partial charge in [-0.05, 0) is 19.1 Å². The lowest BCUT2D eigenvalue weighted by atomic mass is 10.2. The number of nitro benzene ring substituents is 1. The van der Waals surface area contributed by atoms with Crippen molar-refractivity contribution in [2.75, 3.05) is 0 Å². The van der Waals surface area contributed by atoms with Crippen LogP contribution in [-0.4, -0.2) is 9.91 Å². The van der Waals surface area contributed by atoms with Gasteiger partial charge < -0.3 is 4.74 Å². The van der Waals surface area contributed by atoms with Crippen molar-refractivity contribution >= 4 is 17.3 Å². The van der Waals surface area contributed by atoms with Crippen molar-refractivity contribution in [1.29, 1.82) is 0 Å². The molecule has 7 heteroatoms. The standard InChI is InChI=1S/C13H10ClFN2O3/c1-8-5-12(10(15)6-11(8)17(18)19)20-7-9-3-2-4-16-13(9)14/h2-6H,7H2,1H3. The van der Waals surface area contributed by atoms with Gasteiger partial charge in [0, 0.05) is 17.3 Å². The number of ether oxygens (including phenoxy) is 1. The van der Waals surface area contributed by atoms with Crippen LogP contribution in [0, 0.1) is 22.9 Å². The predicted molar refractivity (Wildman–Crippen MR) is 71.4 cm³/mol. The van der Waals surface area contributed by atoms with Crippen LogP contribution >= 0.6 is 11.6 Å². The Morgan fingerprint density at radius 1 is 1.50 bits per heavy atom. The number of hydrogen-bond acceptors (Lipinski definition) is 4. The summed E-state index contributed by atoms with van der Waals surface area (Å²) in [6.07, 6.45) is 1.53. The topological polar surface area (TPSA) is 65.3 Å². The molecule has 0 fully saturated rings. The van der Waals surface area contributed by atoms with Crippen LogP contribution < -0.4 is 4.74 Å². The summed E-state index contributed by atoms with van der Waals surface area (Å²) in [6.45, 7) is 1.54. The van der Waals surface area contributed by atoms with Gasteiger partial charge in [0.2, 0.25) is 0 Å². The summed E-state index contributed by atoms with van der Waals surface area (Å²) in [5.41, 5.74) is 0.641. The summed E-state index contributed by atoms with van der Waals surface area (Å²) in [5, 5.41) is 11.0. The first-order valence-electron chi connectivity index (χ1n) is 5.65. The van der Waals surface area contributed by atoms with Gasteiger partial charge in [-0.25, -0.2) is 9.37 Å². The van der Waals surface area contributed by atoms with Gasteiger partial charge in [0.1, 0.15) is 11.8 Å². The zero-order valence-corrected chi connectivity index (χ0v) is 11.2. The molecular weight excluding hydrogens is 287 g/mol. The van der Waals surface area contributed by atoms with Crippen LogP contribution in [0.5, 0.6) is 5.75 Å². The lowest BCUT2D eigenvalue weighted by Crippen LogP contribution is -2.01. The molecule has 0 atom stereocenters. The van der Waals surface area contributed by atoms with Crippen LogP contribution in [0.25, 0.3) is 0 Å². The van der Waals surface area contributed by atoms with Crippen LogP contribution in [0.2, 0.25) is 5.15 Å². The van der Waals surface area contributed by atoms with E-state index < -0.39 is 10.7 Å². The lowest BCUT2D eigenvalue weighted by Gasteiger charge is -2.09. The molecule has 0 spiro atoms. The molecule has 0 saturated heterocycles. The highest BCUT2D eigenvalue weighted by Gasteiger charge is 2.16. The van der Waals surface area contributed by atoms with Crippen LogP contribution in [0.1, 0.15) is 11.1 Å². The molecule has 0 aliphatic rings. The molecule has 2 aromatic rings. The third kappa shape index (κ3) is 3.03. The highest BCUT2D eigenvalue weighted by molar-refractivity contribution is 6.30. The van der Waals surface area contributed by atoms with Gasteiger partial charge in [0.25, 0.3) is 5.69 Å². The van der Waals surface area contributed by atoms with Crippen LogP contribution in [0.4, 0.5) is 10.1 Å². The Kier molecular flexibility index (Phi) is 4.14. The molecule has 0 amide bonds. The fraction of sp³-hybridized carbons (Fsp3) is 0.154. The summed E-state index contributed by atoms with van der Waals surface area (Å²) in [6, 6.07) is 5.51. The molecule has 0 N–H and O–H groups in total. The summed E-state index contributed by atoms with van der Waals surface area (Å²) in [7, 11) is 0. The third-order valence-electron chi connectivity index (χ3n) is 2.67. The monoisotopic (exact) mass is 296 g/mol. The van der Waals surface area contributed by atoms with Crippen molar-refractivity contribution in [3.05, 3.63) is 62.7 Å². The molecule has 0 radical (unpaired) electrons. The molecule has 0 unspecified atom stereocenters. The van der Waals surface area contributed by atoms with Gasteiger partial charge in [-0.1, -0.05) is 17.7 Å². The lowest BCUT2D eigenvalue weighted by molar-refractivity contribution is -0.385. The van der Waals surface area contributed by atoms with Crippen molar-refractivity contribution in [3.8, 4) is 5.75 Å². The first-order valence-corrected chi connectivity index (χ1v) is 6.03. The van der Waals surface area contributed by atoms with Gasteiger partial charge in [-0.2, -0.15) is 0 Å². The van der Waals surface area contributed by atoms with Crippen LogP contribution in [0.15, 0.2) is 30.5 Å². The Bertz CT molecular complexity index is 664. The fourth-order valence-corrected chi connectivity index (χ4v) is 1.81. The molecule has 0 saturated carbocycles. The maximum atomic E-state index is 13.7. The molecule has 104 valence electrons. The number of aromatic nitrogens is 1. The number of rotatable bonds is 4. The van der Waals surface area contributed by atoms with Gasteiger partial charge in [0.05, 0.1) is 11.0 Å². The molecule has 0 aliphatic carbocycles. The van der Waals surface area contributed by atoms with Crippen molar-refractivity contribution in [2.45, 2.75) is 13.5 Å². The minimum atomic E-state index is -0.790. The molecule has 5 nitrogen and oxygen atoms in total. The van der Waals surface area contributed by atoms with Gasteiger partial charge >= 0.3 is 0 Å². The molecule has 1 aromatic carbocycles. The normalized spacial score (nSPS) is 10.3. The quantitative estimate of drug-likeness (QED) is 0.490. The van der Waals surface area contributed by atoms with Crippen molar-refractivity contribution < 1.29 is 14.1 Å². The Balaban J connectivity index is 2.21. The Morgan fingerprint density at radius 2 is 2.25 bits per heavy atom. The van der Waals surface area contributed by atoms with Crippen LogP contribution in [0.3, 0.4) is 0 Å². The zero-order valence-electron chi connectivity index (χ0n) is 10.5. The molecular formula is C13H10ClFN2O3. The number of benzene rings is 1. The van der Waals surface area contributed by atoms with Crippen molar-refractivity contribution in [2.24, 2.45) is 0 Å². The molecule has 1 heterocycles. The molecule has 0 aliphatic heterocycles. The SMILES string of the molecule is Cc1cc(OCc2cccnc2Cl)c(F)cc1[N+](=O)[O-]. The van der Waals surface area contributed by atoms with E-state index in [0.29, 0.717) is 11.1 Å². The first-order chi connectivity index (χ1) is 9.49. The maximum Gasteiger partial charge on any atom is 0.275 e. The Labute approximate surface area is 119 Å². The maximum absolute atomic E-state index is 13.7. The summed E-state index contributed by atoms with van der Waals surface area (Å²) in [5.74, 6) is -0.852. The van der Waals surface area contributed by atoms with E-state index in [9.17, 15) is 14.5 Å². The minimum Gasteiger partial charge on any atom is -0.486 e. The smallest absolute Gasteiger partial charge is 0.275 e. The molecule has 0 bridgehead atoms. The summed E-state index contributed by atoms with van der Waals surface area (Å²) >= 11 is 5.85. The van der Waals surface area contributed by atoms with E-state index in [1.54, 1.807) is 12.1 Å². The Morgan fingerprint density at radius 3 is 2.90 bits per heavy atom. The summed E-state index contributed by atoms with van der Waals surface area (Å²) < 4.78 is 19.0. The van der Waals surface area contributed by atoms with E-state index in [2.05, 4.69) is 4.98 Å². The largest absolute Gasteiger partial charge is 0.486 e. The van der Waals surface area contributed by atoms with E-state index in [4.69, 9.17) is 16.3 Å². The highest BCUT2D eigenvalue weighted by Crippen LogP contribution is 2.28. The number of hydrogen-bond donors (Lipinski definition) is 0. The number of nitrogens with zero attached hydrogens (tertiary/aromatic N) is 2. The van der Waals surface area contributed by atoms with Gasteiger partial charge in [-0.15, -0.1) is 0 Å². The van der Waals surface area contributed by atoms with Crippen molar-refractivity contribution in [3.63, 3.8) is 0 Å². The summed E-state index contributed by atoms with van der Waals surface area (Å²) in [4.78, 5) is 13.9. The average molecular weight is 297 g/mol. The fourth-order valence-electron chi connectivity index (χ4n) is 1.63. The Hall–Kier alpha value is -2.21. The molecule has 1 aromatic heterocycles. The van der Waals surface area contributed by atoms with E-state index in [1.165, 1.54) is 19.2 Å². The van der Waals surface area contributed by atoms with E-state index in [-0.39, 0.29) is 23.2 Å². The number of halogens is 2. The van der Waals surface area contributed by atoms with E-state index in [0.717, 1.165) is 6.07 Å². The van der Waals surface area contributed by atoms with E-state index >= 15 is 0 Å². The average Bonchev–Trinajstić information content (AvgIpc) is 2.40. The number of aryl methyl sites for hydroxylation is 1. The van der Waals surface area contributed by atoms with Gasteiger partial charge in [-0.3, -0.25) is 10.1 Å². The second kappa shape index (κ2) is 5.83. The molecule has 20 heavy (non-hydrogen) atoms. The molecule has 2 rings (SSSR count). The number of nitro groups is 1. The first kappa shape index (κ1) is 14.2. The van der Waals surface area contributed by atoms with Crippen molar-refractivity contribution in [1.82, 2.24) is 4.98 Å². The predicted octanol–water partition coefficient (Wildman–Crippen LogP) is 3.67. The van der Waals surface area contributed by atoms with E-state index in [1.807, 2.05) is 0 Å². The van der Waals surface area contributed by atoms with Gasteiger partial charge in [0.15, 0.2) is 11.6 Å². The second-order valence-electron chi connectivity index (χ2n) is 4.07. The van der Waals surface area contributed by atoms with Crippen LogP contribution in [-0.2, 0) is 6.61 Å².